The Balaban J connectivity index is 2.21. The molecule has 0 radical (unpaired) electrons. The van der Waals surface area contributed by atoms with Gasteiger partial charge in [0.2, 0.25) is 11.8 Å². The van der Waals surface area contributed by atoms with Crippen LogP contribution in [0.25, 0.3) is 0 Å². The molecule has 0 spiro atoms. The maximum absolute atomic E-state index is 12.8. The summed E-state index contributed by atoms with van der Waals surface area (Å²) < 4.78 is 12.8. The van der Waals surface area contributed by atoms with Crippen LogP contribution in [-0.2, 0) is 16.1 Å². The van der Waals surface area contributed by atoms with Crippen LogP contribution in [0.1, 0.15) is 12.5 Å². The minimum absolute atomic E-state index is 0.169. The van der Waals surface area contributed by atoms with Crippen LogP contribution < -0.4 is 5.32 Å². The third-order valence-corrected chi connectivity index (χ3v) is 3.13. The first-order chi connectivity index (χ1) is 9.02. The fourth-order valence-electron chi connectivity index (χ4n) is 2.07. The monoisotopic (exact) mass is 266 g/mol. The summed E-state index contributed by atoms with van der Waals surface area (Å²) in [4.78, 5) is 25.1. The highest BCUT2D eigenvalue weighted by molar-refractivity contribution is 5.96. The number of halogens is 1. The average molecular weight is 266 g/mol. The second kappa shape index (κ2) is 5.36. The molecule has 2 N–H and O–H groups in total. The van der Waals surface area contributed by atoms with Crippen LogP contribution in [0.3, 0.4) is 0 Å². The van der Waals surface area contributed by atoms with Crippen molar-refractivity contribution in [1.29, 1.82) is 0 Å². The largest absolute Gasteiger partial charge is 0.394 e. The standard InChI is InChI=1S/C13H15FN2O3/c1-8-13(19)16(11(7-17)12(18)15-8)6-9-2-4-10(14)5-3-9/h2-5,8,11,17H,6-7H2,1H3,(H,15,18). The first kappa shape index (κ1) is 13.5. The van der Waals surface area contributed by atoms with E-state index >= 15 is 0 Å². The molecule has 0 aromatic heterocycles. The molecule has 0 saturated carbocycles. The molecule has 1 saturated heterocycles. The number of benzene rings is 1. The summed E-state index contributed by atoms with van der Waals surface area (Å²) in [5.74, 6) is -1.00. The van der Waals surface area contributed by atoms with Crippen molar-refractivity contribution in [3.05, 3.63) is 35.6 Å². The average Bonchev–Trinajstić information content (AvgIpc) is 2.38. The molecule has 2 atom stereocenters. The van der Waals surface area contributed by atoms with Gasteiger partial charge in [-0.3, -0.25) is 9.59 Å². The van der Waals surface area contributed by atoms with E-state index < -0.39 is 18.7 Å². The van der Waals surface area contributed by atoms with Gasteiger partial charge in [-0.15, -0.1) is 0 Å². The number of piperazine rings is 1. The molecule has 1 aliphatic rings. The zero-order valence-electron chi connectivity index (χ0n) is 10.5. The number of hydrogen-bond acceptors (Lipinski definition) is 3. The fraction of sp³-hybridized carbons (Fsp3) is 0.385. The molecule has 1 aliphatic heterocycles. The quantitative estimate of drug-likeness (QED) is 0.811. The number of amides is 2. The molecule has 1 aromatic rings. The van der Waals surface area contributed by atoms with Gasteiger partial charge in [-0.1, -0.05) is 12.1 Å². The van der Waals surface area contributed by atoms with Gasteiger partial charge in [-0.25, -0.2) is 4.39 Å². The molecule has 0 aliphatic carbocycles. The maximum atomic E-state index is 12.8. The van der Waals surface area contributed by atoms with Crippen molar-refractivity contribution in [3.8, 4) is 0 Å². The fourth-order valence-corrected chi connectivity index (χ4v) is 2.07. The van der Waals surface area contributed by atoms with Crippen LogP contribution >= 0.6 is 0 Å². The molecule has 1 aromatic carbocycles. The maximum Gasteiger partial charge on any atom is 0.245 e. The van der Waals surface area contributed by atoms with Crippen LogP contribution in [0.5, 0.6) is 0 Å². The van der Waals surface area contributed by atoms with E-state index in [1.54, 1.807) is 19.1 Å². The predicted octanol–water partition coefficient (Wildman–Crippen LogP) is 0.0335. The summed E-state index contributed by atoms with van der Waals surface area (Å²) >= 11 is 0. The van der Waals surface area contributed by atoms with Gasteiger partial charge in [0.25, 0.3) is 0 Å². The first-order valence-electron chi connectivity index (χ1n) is 5.99. The lowest BCUT2D eigenvalue weighted by Crippen LogP contribution is -2.63. The Hall–Kier alpha value is -1.95. The van der Waals surface area contributed by atoms with Gasteiger partial charge in [-0.05, 0) is 24.6 Å². The van der Waals surface area contributed by atoms with Gasteiger partial charge < -0.3 is 15.3 Å². The van der Waals surface area contributed by atoms with Crippen LogP contribution in [0.4, 0.5) is 4.39 Å². The highest BCUT2D eigenvalue weighted by Gasteiger charge is 2.37. The first-order valence-corrected chi connectivity index (χ1v) is 5.99. The van der Waals surface area contributed by atoms with Gasteiger partial charge in [-0.2, -0.15) is 0 Å². The molecule has 1 fully saturated rings. The van der Waals surface area contributed by atoms with Gasteiger partial charge in [0.1, 0.15) is 17.9 Å². The van der Waals surface area contributed by atoms with Crippen molar-refractivity contribution in [2.24, 2.45) is 0 Å². The summed E-state index contributed by atoms with van der Waals surface area (Å²) in [5, 5.41) is 11.7. The van der Waals surface area contributed by atoms with E-state index in [4.69, 9.17) is 0 Å². The normalized spacial score (nSPS) is 23.4. The number of nitrogens with one attached hydrogen (secondary N) is 1. The highest BCUT2D eigenvalue weighted by atomic mass is 19.1. The molecule has 2 rings (SSSR count). The Labute approximate surface area is 110 Å². The lowest BCUT2D eigenvalue weighted by molar-refractivity contribution is -0.151. The van der Waals surface area contributed by atoms with E-state index in [0.29, 0.717) is 5.56 Å². The van der Waals surface area contributed by atoms with Crippen molar-refractivity contribution in [2.45, 2.75) is 25.6 Å². The van der Waals surface area contributed by atoms with Gasteiger partial charge in [0.05, 0.1) is 6.61 Å². The molecule has 5 nitrogen and oxygen atoms in total. The highest BCUT2D eigenvalue weighted by Crippen LogP contribution is 2.15. The van der Waals surface area contributed by atoms with Crippen LogP contribution in [0.15, 0.2) is 24.3 Å². The van der Waals surface area contributed by atoms with E-state index in [0.717, 1.165) is 0 Å². The topological polar surface area (TPSA) is 69.6 Å². The lowest BCUT2D eigenvalue weighted by Gasteiger charge is -2.37. The number of aliphatic hydroxyl groups excluding tert-OH is 1. The molecule has 6 heteroatoms. The summed E-state index contributed by atoms with van der Waals surface area (Å²) in [6.45, 7) is 1.32. The molecular weight excluding hydrogens is 251 g/mol. The van der Waals surface area contributed by atoms with Crippen molar-refractivity contribution >= 4 is 11.8 Å². The number of aliphatic hydroxyl groups is 1. The molecule has 1 heterocycles. The predicted molar refractivity (Wildman–Crippen MR) is 65.4 cm³/mol. The van der Waals surface area contributed by atoms with Crippen molar-refractivity contribution < 1.29 is 19.1 Å². The summed E-state index contributed by atoms with van der Waals surface area (Å²) in [6, 6.07) is 4.18. The molecule has 0 bridgehead atoms. The number of carbonyl (C=O) groups excluding carboxylic acids is 2. The van der Waals surface area contributed by atoms with E-state index in [9.17, 15) is 19.1 Å². The van der Waals surface area contributed by atoms with Gasteiger partial charge in [0, 0.05) is 6.54 Å². The Morgan fingerprint density at radius 3 is 2.53 bits per heavy atom. The van der Waals surface area contributed by atoms with Gasteiger partial charge in [0.15, 0.2) is 0 Å². The minimum atomic E-state index is -0.895. The zero-order chi connectivity index (χ0) is 14.0. The summed E-state index contributed by atoms with van der Waals surface area (Å²) in [6.07, 6.45) is 0. The van der Waals surface area contributed by atoms with Crippen molar-refractivity contribution in [1.82, 2.24) is 10.2 Å². The zero-order valence-corrected chi connectivity index (χ0v) is 10.5. The van der Waals surface area contributed by atoms with Crippen LogP contribution in [0.2, 0.25) is 0 Å². The van der Waals surface area contributed by atoms with Crippen molar-refractivity contribution in [2.75, 3.05) is 6.61 Å². The Morgan fingerprint density at radius 2 is 1.95 bits per heavy atom. The Morgan fingerprint density at radius 1 is 1.32 bits per heavy atom. The third-order valence-electron chi connectivity index (χ3n) is 3.13. The molecule has 102 valence electrons. The molecule has 2 amide bonds. The molecule has 19 heavy (non-hydrogen) atoms. The van der Waals surface area contributed by atoms with E-state index in [-0.39, 0.29) is 24.2 Å². The third kappa shape index (κ3) is 2.73. The minimum Gasteiger partial charge on any atom is -0.394 e. The van der Waals surface area contributed by atoms with Crippen LogP contribution in [0, 0.1) is 5.82 Å². The van der Waals surface area contributed by atoms with E-state index in [1.807, 2.05) is 0 Å². The Bertz CT molecular complexity index is 489. The van der Waals surface area contributed by atoms with E-state index in [2.05, 4.69) is 5.32 Å². The second-order valence-electron chi connectivity index (χ2n) is 4.52. The summed E-state index contributed by atoms with van der Waals surface area (Å²) in [5.41, 5.74) is 0.704. The number of nitrogens with zero attached hydrogens (tertiary/aromatic N) is 1. The number of carbonyl (C=O) groups is 2. The molecular formula is C13H15FN2O3. The summed E-state index contributed by atoms with van der Waals surface area (Å²) in [7, 11) is 0. The van der Waals surface area contributed by atoms with Crippen molar-refractivity contribution in [3.63, 3.8) is 0 Å². The SMILES string of the molecule is CC1NC(=O)C(CO)N(Cc2ccc(F)cc2)C1=O. The second-order valence-corrected chi connectivity index (χ2v) is 4.52. The number of rotatable bonds is 3. The van der Waals surface area contributed by atoms with E-state index in [1.165, 1.54) is 17.0 Å². The Kier molecular flexibility index (Phi) is 3.80. The smallest absolute Gasteiger partial charge is 0.245 e. The lowest BCUT2D eigenvalue weighted by atomic mass is 10.1. The van der Waals surface area contributed by atoms with Crippen LogP contribution in [-0.4, -0.2) is 40.5 Å². The molecule has 2 unspecified atom stereocenters. The number of hydrogen-bond donors (Lipinski definition) is 2. The van der Waals surface area contributed by atoms with Gasteiger partial charge >= 0.3 is 0 Å².